The van der Waals surface area contributed by atoms with E-state index in [2.05, 4.69) is 13.5 Å². The molecule has 0 aliphatic carbocycles. The van der Waals surface area contributed by atoms with Gasteiger partial charge >= 0.3 is 11.9 Å². The van der Waals surface area contributed by atoms with Crippen molar-refractivity contribution in [2.45, 2.75) is 63.1 Å². The maximum Gasteiger partial charge on any atom is 0.338 e. The van der Waals surface area contributed by atoms with E-state index in [1.165, 1.54) is 0 Å². The summed E-state index contributed by atoms with van der Waals surface area (Å²) in [5, 5.41) is 10.8. The normalized spacial score (nSPS) is 22.3. The Bertz CT molecular complexity index is 931. The third kappa shape index (κ3) is 7.75. The maximum absolute atomic E-state index is 12.8. The Labute approximate surface area is 206 Å². The van der Waals surface area contributed by atoms with Crippen LogP contribution in [0.2, 0.25) is 0 Å². The molecule has 35 heavy (non-hydrogen) atoms. The fourth-order valence-corrected chi connectivity index (χ4v) is 3.96. The number of aliphatic hydroxyl groups excluding tert-OH is 1. The second kappa shape index (κ2) is 13.8. The van der Waals surface area contributed by atoms with Gasteiger partial charge in [0.2, 0.25) is 0 Å². The van der Waals surface area contributed by atoms with Gasteiger partial charge in [0.25, 0.3) is 0 Å². The monoisotopic (exact) mass is 482 g/mol. The summed E-state index contributed by atoms with van der Waals surface area (Å²) in [6, 6.07) is 17.2. The molecule has 188 valence electrons. The van der Waals surface area contributed by atoms with Crippen molar-refractivity contribution in [2.24, 2.45) is 0 Å². The number of aliphatic hydroxyl groups is 1. The molecule has 1 N–H and O–H groups in total. The van der Waals surface area contributed by atoms with Crippen molar-refractivity contribution in [3.63, 3.8) is 0 Å². The van der Waals surface area contributed by atoms with Crippen LogP contribution in [0.3, 0.4) is 0 Å². The van der Waals surface area contributed by atoms with E-state index in [4.69, 9.17) is 18.9 Å². The molecule has 0 saturated carbocycles. The largest absolute Gasteiger partial charge is 0.458 e. The van der Waals surface area contributed by atoms with Gasteiger partial charge in [-0.1, -0.05) is 55.8 Å². The molecule has 3 rings (SSSR count). The van der Waals surface area contributed by atoms with Crippen molar-refractivity contribution in [3.8, 4) is 0 Å². The summed E-state index contributed by atoms with van der Waals surface area (Å²) in [4.78, 5) is 25.3. The van der Waals surface area contributed by atoms with Crippen LogP contribution in [0, 0.1) is 0 Å². The Kier molecular flexibility index (Phi) is 10.5. The molecule has 0 spiro atoms. The van der Waals surface area contributed by atoms with E-state index in [1.54, 1.807) is 54.6 Å². The van der Waals surface area contributed by atoms with Gasteiger partial charge in [-0.2, -0.15) is 0 Å². The molecule has 1 aliphatic rings. The zero-order valence-electron chi connectivity index (χ0n) is 20.1. The molecule has 5 atom stereocenters. The molecule has 1 unspecified atom stereocenters. The lowest BCUT2D eigenvalue weighted by Gasteiger charge is -2.25. The number of rotatable bonds is 13. The van der Waals surface area contributed by atoms with Gasteiger partial charge in [0.15, 0.2) is 0 Å². The third-order valence-electron chi connectivity index (χ3n) is 5.83. The van der Waals surface area contributed by atoms with Crippen LogP contribution in [0.15, 0.2) is 73.3 Å². The summed E-state index contributed by atoms with van der Waals surface area (Å²) in [5.74, 6) is -1.05. The first-order valence-electron chi connectivity index (χ1n) is 12.1. The average Bonchev–Trinajstić information content (AvgIpc) is 3.17. The van der Waals surface area contributed by atoms with Crippen LogP contribution in [0.5, 0.6) is 0 Å². The van der Waals surface area contributed by atoms with Gasteiger partial charge < -0.3 is 24.1 Å². The number of ether oxygens (including phenoxy) is 4. The van der Waals surface area contributed by atoms with E-state index in [0.717, 1.165) is 12.8 Å². The highest BCUT2D eigenvalue weighted by Gasteiger charge is 2.45. The first-order valence-corrected chi connectivity index (χ1v) is 12.1. The zero-order valence-corrected chi connectivity index (χ0v) is 20.1. The molecule has 0 radical (unpaired) electrons. The van der Waals surface area contributed by atoms with Gasteiger partial charge in [-0.15, -0.1) is 6.58 Å². The number of hydrogen-bond donors (Lipinski definition) is 1. The van der Waals surface area contributed by atoms with Gasteiger partial charge in [-0.05, 0) is 37.1 Å². The molecule has 1 heterocycles. The van der Waals surface area contributed by atoms with Gasteiger partial charge in [-0.25, -0.2) is 9.59 Å². The number of benzene rings is 2. The minimum absolute atomic E-state index is 0.157. The maximum atomic E-state index is 12.8. The Hall–Kier alpha value is -3.00. The summed E-state index contributed by atoms with van der Waals surface area (Å²) in [7, 11) is 0. The van der Waals surface area contributed by atoms with Crippen molar-refractivity contribution in [3.05, 3.63) is 84.4 Å². The predicted octanol–water partition coefficient (Wildman–Crippen LogP) is 4.35. The van der Waals surface area contributed by atoms with Gasteiger partial charge in [0.1, 0.15) is 24.9 Å². The summed E-state index contributed by atoms with van der Waals surface area (Å²) < 4.78 is 23.3. The molecule has 1 aliphatic heterocycles. The highest BCUT2D eigenvalue weighted by Crippen LogP contribution is 2.30. The van der Waals surface area contributed by atoms with Crippen molar-refractivity contribution in [1.29, 1.82) is 0 Å². The molecular formula is C28H34O7. The summed E-state index contributed by atoms with van der Waals surface area (Å²) >= 11 is 0. The van der Waals surface area contributed by atoms with Crippen molar-refractivity contribution < 1.29 is 33.6 Å². The summed E-state index contributed by atoms with van der Waals surface area (Å²) in [6.45, 7) is 6.12. The number of carbonyl (C=O) groups is 2. The molecule has 1 fully saturated rings. The minimum Gasteiger partial charge on any atom is -0.458 e. The van der Waals surface area contributed by atoms with E-state index in [9.17, 15) is 14.7 Å². The molecule has 1 saturated heterocycles. The smallest absolute Gasteiger partial charge is 0.338 e. The minimum atomic E-state index is -0.841. The van der Waals surface area contributed by atoms with Crippen LogP contribution in [0.1, 0.15) is 53.3 Å². The highest BCUT2D eigenvalue weighted by atomic mass is 16.6. The summed E-state index contributed by atoms with van der Waals surface area (Å²) in [6.07, 6.45) is 0.908. The molecule has 2 aromatic carbocycles. The molecule has 0 bridgehead atoms. The van der Waals surface area contributed by atoms with E-state index in [0.29, 0.717) is 24.2 Å². The molecular weight excluding hydrogens is 448 g/mol. The van der Waals surface area contributed by atoms with Gasteiger partial charge in [-0.3, -0.25) is 0 Å². The Morgan fingerprint density at radius 1 is 1.03 bits per heavy atom. The van der Waals surface area contributed by atoms with Crippen LogP contribution < -0.4 is 0 Å². The van der Waals surface area contributed by atoms with E-state index in [-0.39, 0.29) is 13.0 Å². The van der Waals surface area contributed by atoms with Gasteiger partial charge in [0.05, 0.1) is 23.3 Å². The SMILES string of the molecule is C=CC[C@@H]1O[C@H](CC(COC(=O)c2ccccc2)OC(=O)c2ccccc2)[C@H](OCCCC)[C@H]1O. The third-order valence-corrected chi connectivity index (χ3v) is 5.83. The van der Waals surface area contributed by atoms with Crippen LogP contribution >= 0.6 is 0 Å². The van der Waals surface area contributed by atoms with Crippen molar-refractivity contribution in [1.82, 2.24) is 0 Å². The second-order valence-corrected chi connectivity index (χ2v) is 8.51. The standard InChI is InChI=1S/C28H34O7/c1-3-5-17-32-26-24(35-23(12-4-2)25(26)29)18-22(34-28(31)21-15-10-7-11-16-21)19-33-27(30)20-13-8-6-9-14-20/h4,6-11,13-16,22-26,29H,2-3,5,12,17-19H2,1H3/t22?,23-,24+,25-,26-/m0/s1. The van der Waals surface area contributed by atoms with E-state index >= 15 is 0 Å². The first-order chi connectivity index (χ1) is 17.0. The zero-order chi connectivity index (χ0) is 25.0. The molecule has 7 nitrogen and oxygen atoms in total. The Morgan fingerprint density at radius 3 is 2.26 bits per heavy atom. The number of carbonyl (C=O) groups excluding carboxylic acids is 2. The van der Waals surface area contributed by atoms with Gasteiger partial charge in [0, 0.05) is 13.0 Å². The molecule has 0 amide bonds. The Balaban J connectivity index is 1.73. The topological polar surface area (TPSA) is 91.3 Å². The van der Waals surface area contributed by atoms with E-state index < -0.39 is 42.5 Å². The number of esters is 2. The fourth-order valence-electron chi connectivity index (χ4n) is 3.96. The van der Waals surface area contributed by atoms with Crippen LogP contribution in [-0.4, -0.2) is 60.8 Å². The second-order valence-electron chi connectivity index (χ2n) is 8.51. The number of hydrogen-bond acceptors (Lipinski definition) is 7. The molecule has 7 heteroatoms. The van der Waals surface area contributed by atoms with E-state index in [1.807, 2.05) is 12.1 Å². The molecule has 0 aromatic heterocycles. The lowest BCUT2D eigenvalue weighted by atomic mass is 10.0. The quantitative estimate of drug-likeness (QED) is 0.258. The van der Waals surface area contributed by atoms with Crippen LogP contribution in [-0.2, 0) is 18.9 Å². The summed E-state index contributed by atoms with van der Waals surface area (Å²) in [5.41, 5.74) is 0.791. The first kappa shape index (κ1) is 26.6. The fraction of sp³-hybridized carbons (Fsp3) is 0.429. The lowest BCUT2D eigenvalue weighted by molar-refractivity contribution is -0.0644. The Morgan fingerprint density at radius 2 is 1.66 bits per heavy atom. The molecule has 2 aromatic rings. The van der Waals surface area contributed by atoms with Crippen LogP contribution in [0.25, 0.3) is 0 Å². The lowest BCUT2D eigenvalue weighted by Crippen LogP contribution is -2.38. The van der Waals surface area contributed by atoms with Crippen LogP contribution in [0.4, 0.5) is 0 Å². The predicted molar refractivity (Wildman–Crippen MR) is 131 cm³/mol. The number of unbranched alkanes of at least 4 members (excludes halogenated alkanes) is 1. The highest BCUT2D eigenvalue weighted by molar-refractivity contribution is 5.90. The van der Waals surface area contributed by atoms with Crippen molar-refractivity contribution >= 4 is 11.9 Å². The van der Waals surface area contributed by atoms with Crippen molar-refractivity contribution in [2.75, 3.05) is 13.2 Å². The average molecular weight is 483 g/mol.